The lowest BCUT2D eigenvalue weighted by Gasteiger charge is -2.21. The molecule has 0 radical (unpaired) electrons. The number of para-hydroxylation sites is 1. The number of halogens is 1. The van der Waals surface area contributed by atoms with Crippen LogP contribution in [-0.2, 0) is 16.0 Å². The summed E-state index contributed by atoms with van der Waals surface area (Å²) in [5.41, 5.74) is 2.55. The Morgan fingerprint density at radius 1 is 1.03 bits per heavy atom. The van der Waals surface area contributed by atoms with E-state index in [1.54, 1.807) is 19.1 Å². The number of aromatic nitrogens is 1. The Labute approximate surface area is 191 Å². The number of non-ortho nitro benzene ring substituents is 1. The highest BCUT2D eigenvalue weighted by Crippen LogP contribution is 2.37. The minimum Gasteiger partial charge on any atom is -0.464 e. The highest BCUT2D eigenvalue weighted by molar-refractivity contribution is 6.11. The van der Waals surface area contributed by atoms with Crippen molar-refractivity contribution < 1.29 is 14.5 Å². The molecule has 0 aliphatic rings. The second kappa shape index (κ2) is 10.1. The van der Waals surface area contributed by atoms with Gasteiger partial charge in [-0.1, -0.05) is 54.6 Å². The molecule has 0 saturated carbocycles. The van der Waals surface area contributed by atoms with Gasteiger partial charge >= 0.3 is 5.97 Å². The zero-order valence-electron chi connectivity index (χ0n) is 17.4. The maximum atomic E-state index is 12.8. The van der Waals surface area contributed by atoms with E-state index in [1.165, 1.54) is 6.07 Å². The van der Waals surface area contributed by atoms with Crippen LogP contribution in [0.2, 0.25) is 0 Å². The number of nitro groups is 1. The number of nitrogens with one attached hydrogen (secondary N) is 1. The Kier molecular flexibility index (Phi) is 7.22. The molecule has 164 valence electrons. The Morgan fingerprint density at radius 2 is 1.72 bits per heavy atom. The molecule has 1 heterocycles. The van der Waals surface area contributed by atoms with Gasteiger partial charge in [0, 0.05) is 17.9 Å². The van der Waals surface area contributed by atoms with Crippen LogP contribution in [0.1, 0.15) is 12.5 Å². The summed E-state index contributed by atoms with van der Waals surface area (Å²) in [6.45, 7) is 1.99. The highest BCUT2D eigenvalue weighted by Gasteiger charge is 2.25. The summed E-state index contributed by atoms with van der Waals surface area (Å²) >= 11 is 0. The fourth-order valence-corrected chi connectivity index (χ4v) is 3.69. The van der Waals surface area contributed by atoms with Crippen molar-refractivity contribution in [3.63, 3.8) is 0 Å². The molecule has 0 amide bonds. The maximum Gasteiger partial charge on any atom is 0.328 e. The molecule has 0 spiro atoms. The lowest BCUT2D eigenvalue weighted by Crippen LogP contribution is -2.33. The van der Waals surface area contributed by atoms with E-state index in [4.69, 9.17) is 4.74 Å². The van der Waals surface area contributed by atoms with E-state index >= 15 is 0 Å². The molecule has 0 aliphatic heterocycles. The van der Waals surface area contributed by atoms with Gasteiger partial charge in [0.15, 0.2) is 0 Å². The number of rotatable bonds is 7. The molecule has 0 bridgehead atoms. The number of nitro benzene ring substituents is 1. The first-order chi connectivity index (χ1) is 15.1. The SMILES string of the molecule is CCOC(=O)[C@H](Cc1ccccc1)Nc1c2ccccc2nc2cccc([N+](=O)[O-])c12.Cl. The Hall–Kier alpha value is -3.71. The third kappa shape index (κ3) is 4.63. The molecule has 4 rings (SSSR count). The standard InChI is InChI=1S/C24H21N3O4.ClH/c1-2-31-24(28)20(15-16-9-4-3-5-10-16)26-23-17-11-6-7-12-18(17)25-19-13-8-14-21(22(19)23)27(29)30;/h3-14,20H,2,15H2,1H3,(H,25,26);1H/t20-;/m0./s1. The first-order valence-electron chi connectivity index (χ1n) is 10.0. The monoisotopic (exact) mass is 451 g/mol. The van der Waals surface area contributed by atoms with E-state index in [1.807, 2.05) is 54.6 Å². The van der Waals surface area contributed by atoms with Gasteiger partial charge in [0.25, 0.3) is 5.69 Å². The number of carbonyl (C=O) groups excluding carboxylic acids is 1. The number of ether oxygens (including phenoxy) is 1. The fourth-order valence-electron chi connectivity index (χ4n) is 3.69. The molecule has 1 aromatic heterocycles. The van der Waals surface area contributed by atoms with Crippen molar-refractivity contribution in [1.29, 1.82) is 0 Å². The number of nitrogens with zero attached hydrogens (tertiary/aromatic N) is 2. The molecule has 4 aromatic rings. The van der Waals surface area contributed by atoms with Crippen molar-refractivity contribution in [2.45, 2.75) is 19.4 Å². The van der Waals surface area contributed by atoms with Crippen molar-refractivity contribution >= 4 is 51.6 Å². The van der Waals surface area contributed by atoms with Gasteiger partial charge in [0.1, 0.15) is 11.4 Å². The van der Waals surface area contributed by atoms with Crippen molar-refractivity contribution in [3.05, 3.63) is 88.5 Å². The average Bonchev–Trinajstić information content (AvgIpc) is 2.78. The molecular weight excluding hydrogens is 430 g/mol. The number of esters is 1. The number of fused-ring (bicyclic) bond motifs is 2. The van der Waals surface area contributed by atoms with Gasteiger partial charge in [0.2, 0.25) is 0 Å². The second-order valence-corrected chi connectivity index (χ2v) is 7.07. The molecule has 3 aromatic carbocycles. The molecule has 1 N–H and O–H groups in total. The summed E-state index contributed by atoms with van der Waals surface area (Å²) in [5, 5.41) is 16.1. The zero-order chi connectivity index (χ0) is 21.8. The van der Waals surface area contributed by atoms with Crippen molar-refractivity contribution in [2.24, 2.45) is 0 Å². The summed E-state index contributed by atoms with van der Waals surface area (Å²) in [6, 6.07) is 21.0. The van der Waals surface area contributed by atoms with E-state index < -0.39 is 16.9 Å². The number of hydrogen-bond donors (Lipinski definition) is 1. The summed E-state index contributed by atoms with van der Waals surface area (Å²) in [7, 11) is 0. The first-order valence-corrected chi connectivity index (χ1v) is 10.0. The van der Waals surface area contributed by atoms with Crippen LogP contribution in [-0.4, -0.2) is 28.5 Å². The maximum absolute atomic E-state index is 12.8. The number of carbonyl (C=O) groups is 1. The zero-order valence-corrected chi connectivity index (χ0v) is 18.2. The van der Waals surface area contributed by atoms with E-state index in [0.717, 1.165) is 5.56 Å². The van der Waals surface area contributed by atoms with Crippen LogP contribution in [0.15, 0.2) is 72.8 Å². The normalized spacial score (nSPS) is 11.5. The number of benzene rings is 3. The van der Waals surface area contributed by atoms with Gasteiger partial charge in [-0.3, -0.25) is 10.1 Å². The van der Waals surface area contributed by atoms with Crippen LogP contribution in [0.25, 0.3) is 21.8 Å². The first kappa shape index (κ1) is 23.0. The lowest BCUT2D eigenvalue weighted by atomic mass is 10.0. The molecule has 32 heavy (non-hydrogen) atoms. The Morgan fingerprint density at radius 3 is 2.44 bits per heavy atom. The van der Waals surface area contributed by atoms with Crippen LogP contribution < -0.4 is 5.32 Å². The molecular formula is C24H22ClN3O4. The molecule has 0 aliphatic carbocycles. The number of anilines is 1. The summed E-state index contributed by atoms with van der Waals surface area (Å²) in [4.78, 5) is 28.7. The van der Waals surface area contributed by atoms with Gasteiger partial charge in [-0.25, -0.2) is 9.78 Å². The van der Waals surface area contributed by atoms with E-state index in [0.29, 0.717) is 33.9 Å². The fraction of sp³-hybridized carbons (Fsp3) is 0.167. The van der Waals surface area contributed by atoms with E-state index in [9.17, 15) is 14.9 Å². The van der Waals surface area contributed by atoms with Crippen molar-refractivity contribution in [2.75, 3.05) is 11.9 Å². The second-order valence-electron chi connectivity index (χ2n) is 7.07. The van der Waals surface area contributed by atoms with Gasteiger partial charge in [-0.2, -0.15) is 0 Å². The highest BCUT2D eigenvalue weighted by atomic mass is 35.5. The third-order valence-corrected chi connectivity index (χ3v) is 5.05. The molecule has 0 saturated heterocycles. The molecule has 7 nitrogen and oxygen atoms in total. The summed E-state index contributed by atoms with van der Waals surface area (Å²) < 4.78 is 5.30. The van der Waals surface area contributed by atoms with Gasteiger partial charge in [-0.15, -0.1) is 12.4 Å². The third-order valence-electron chi connectivity index (χ3n) is 5.05. The molecule has 1 atom stereocenters. The van der Waals surface area contributed by atoms with Crippen LogP contribution in [0, 0.1) is 10.1 Å². The van der Waals surface area contributed by atoms with Crippen molar-refractivity contribution in [3.8, 4) is 0 Å². The Bertz CT molecular complexity index is 1260. The predicted octanol–water partition coefficient (Wildman–Crippen LogP) is 5.30. The largest absolute Gasteiger partial charge is 0.464 e. The van der Waals surface area contributed by atoms with Crippen LogP contribution >= 0.6 is 12.4 Å². The van der Waals surface area contributed by atoms with E-state index in [-0.39, 0.29) is 24.7 Å². The Balaban J connectivity index is 0.00000289. The molecule has 8 heteroatoms. The number of pyridine rings is 1. The molecule has 0 unspecified atom stereocenters. The summed E-state index contributed by atoms with van der Waals surface area (Å²) in [6.07, 6.45) is 0.373. The predicted molar refractivity (Wildman–Crippen MR) is 127 cm³/mol. The van der Waals surface area contributed by atoms with Crippen molar-refractivity contribution in [1.82, 2.24) is 4.98 Å². The van der Waals surface area contributed by atoms with Crippen LogP contribution in [0.3, 0.4) is 0 Å². The van der Waals surface area contributed by atoms with Gasteiger partial charge in [-0.05, 0) is 24.6 Å². The van der Waals surface area contributed by atoms with Crippen LogP contribution in [0.4, 0.5) is 11.4 Å². The lowest BCUT2D eigenvalue weighted by molar-refractivity contribution is -0.383. The minimum absolute atomic E-state index is 0. The topological polar surface area (TPSA) is 94.4 Å². The van der Waals surface area contributed by atoms with Gasteiger partial charge < -0.3 is 10.1 Å². The quantitative estimate of drug-likeness (QED) is 0.177. The number of hydrogen-bond acceptors (Lipinski definition) is 6. The minimum atomic E-state index is -0.726. The average molecular weight is 452 g/mol. The smallest absolute Gasteiger partial charge is 0.328 e. The molecule has 0 fully saturated rings. The summed E-state index contributed by atoms with van der Waals surface area (Å²) in [5.74, 6) is -0.418. The van der Waals surface area contributed by atoms with Crippen LogP contribution in [0.5, 0.6) is 0 Å². The van der Waals surface area contributed by atoms with Gasteiger partial charge in [0.05, 0.1) is 28.3 Å². The van der Waals surface area contributed by atoms with E-state index in [2.05, 4.69) is 10.3 Å².